The van der Waals surface area contributed by atoms with Gasteiger partial charge in [0.25, 0.3) is 0 Å². The van der Waals surface area contributed by atoms with E-state index in [0.717, 1.165) is 10.4 Å². The molecular formula is C11H9NO2. The van der Waals surface area contributed by atoms with Crippen molar-refractivity contribution in [3.8, 4) is 0 Å². The van der Waals surface area contributed by atoms with E-state index in [-0.39, 0.29) is 0 Å². The highest BCUT2D eigenvalue weighted by atomic mass is 16.4. The van der Waals surface area contributed by atoms with E-state index in [0.29, 0.717) is 5.56 Å². The van der Waals surface area contributed by atoms with Gasteiger partial charge in [0.2, 0.25) is 0 Å². The van der Waals surface area contributed by atoms with Gasteiger partial charge in [-0.3, -0.25) is 0 Å². The molecule has 1 heterocycles. The summed E-state index contributed by atoms with van der Waals surface area (Å²) in [5.74, 6) is -0.901. The molecule has 0 aromatic heterocycles. The van der Waals surface area contributed by atoms with Gasteiger partial charge in [-0.25, -0.2) is 4.79 Å². The second-order valence-electron chi connectivity index (χ2n) is 2.99. The third-order valence-corrected chi connectivity index (χ3v) is 2.04. The van der Waals surface area contributed by atoms with Crippen molar-refractivity contribution in [1.29, 1.82) is 0 Å². The van der Waals surface area contributed by atoms with Gasteiger partial charge in [-0.1, -0.05) is 12.1 Å². The lowest BCUT2D eigenvalue weighted by Crippen LogP contribution is -2.26. The van der Waals surface area contributed by atoms with Crippen LogP contribution in [0.1, 0.15) is 10.4 Å². The molecule has 1 aromatic carbocycles. The largest absolute Gasteiger partial charge is 0.478 e. The molecule has 3 heteroatoms. The van der Waals surface area contributed by atoms with E-state index >= 15 is 0 Å². The fourth-order valence-electron chi connectivity index (χ4n) is 1.33. The predicted octanol–water partition coefficient (Wildman–Crippen LogP) is 0.0202. The third-order valence-electron chi connectivity index (χ3n) is 2.04. The van der Waals surface area contributed by atoms with Gasteiger partial charge in [0.15, 0.2) is 0 Å². The first-order chi connectivity index (χ1) is 6.77. The van der Waals surface area contributed by atoms with E-state index in [4.69, 9.17) is 5.11 Å². The molecule has 0 amide bonds. The molecule has 0 saturated heterocycles. The topological polar surface area (TPSA) is 49.3 Å². The summed E-state index contributed by atoms with van der Waals surface area (Å²) in [5.41, 5.74) is 0.309. The minimum absolute atomic E-state index is 0.309. The molecule has 0 spiro atoms. The Kier molecular flexibility index (Phi) is 2.07. The van der Waals surface area contributed by atoms with Crippen LogP contribution in [0.5, 0.6) is 0 Å². The molecule has 0 aliphatic carbocycles. The number of benzene rings is 1. The molecule has 14 heavy (non-hydrogen) atoms. The Morgan fingerprint density at radius 1 is 1.29 bits per heavy atom. The van der Waals surface area contributed by atoms with Gasteiger partial charge >= 0.3 is 5.97 Å². The van der Waals surface area contributed by atoms with Gasteiger partial charge in [-0.15, -0.1) is 0 Å². The summed E-state index contributed by atoms with van der Waals surface area (Å²) in [6.45, 7) is 0. The Hall–Kier alpha value is -2.03. The molecular weight excluding hydrogens is 178 g/mol. The van der Waals surface area contributed by atoms with Crippen molar-refractivity contribution >= 4 is 18.2 Å². The molecule has 1 aliphatic heterocycles. The molecule has 0 bridgehead atoms. The molecule has 70 valence electrons. The van der Waals surface area contributed by atoms with Crippen molar-refractivity contribution in [2.75, 3.05) is 0 Å². The summed E-state index contributed by atoms with van der Waals surface area (Å²) in [6.07, 6.45) is 7.34. The zero-order chi connectivity index (χ0) is 9.97. The van der Waals surface area contributed by atoms with Crippen LogP contribution >= 0.6 is 0 Å². The van der Waals surface area contributed by atoms with Gasteiger partial charge in [0.1, 0.15) is 0 Å². The number of carboxylic acid groups (broad SMARTS) is 1. The van der Waals surface area contributed by atoms with Crippen LogP contribution in [0.15, 0.2) is 30.5 Å². The summed E-state index contributed by atoms with van der Waals surface area (Å²) in [6, 6.07) is 5.04. The van der Waals surface area contributed by atoms with Gasteiger partial charge in [0, 0.05) is 12.4 Å². The molecule has 0 fully saturated rings. The van der Waals surface area contributed by atoms with E-state index in [1.54, 1.807) is 24.4 Å². The minimum atomic E-state index is -0.901. The number of allylic oxidation sites excluding steroid dienone is 1. The van der Waals surface area contributed by atoms with Crippen LogP contribution in [0.4, 0.5) is 0 Å². The van der Waals surface area contributed by atoms with E-state index in [1.807, 2.05) is 18.4 Å². The van der Waals surface area contributed by atoms with Crippen LogP contribution in [0.3, 0.4) is 0 Å². The quantitative estimate of drug-likeness (QED) is 0.651. The van der Waals surface area contributed by atoms with Crippen molar-refractivity contribution in [1.82, 2.24) is 5.32 Å². The highest BCUT2D eigenvalue weighted by molar-refractivity contribution is 5.87. The molecule has 0 saturated carbocycles. The number of hydrogen-bond acceptors (Lipinski definition) is 2. The zero-order valence-corrected chi connectivity index (χ0v) is 7.40. The first kappa shape index (κ1) is 8.56. The van der Waals surface area contributed by atoms with Crippen LogP contribution in [0, 0.1) is 0 Å². The highest BCUT2D eigenvalue weighted by Gasteiger charge is 2.00. The van der Waals surface area contributed by atoms with Gasteiger partial charge in [-0.2, -0.15) is 0 Å². The van der Waals surface area contributed by atoms with Crippen LogP contribution in [-0.2, 0) is 0 Å². The van der Waals surface area contributed by atoms with Crippen LogP contribution in [-0.4, -0.2) is 11.1 Å². The first-order valence-electron chi connectivity index (χ1n) is 4.24. The maximum absolute atomic E-state index is 10.7. The van der Waals surface area contributed by atoms with Crippen LogP contribution in [0.25, 0.3) is 12.3 Å². The van der Waals surface area contributed by atoms with Crippen LogP contribution < -0.4 is 15.8 Å². The Labute approximate surface area is 80.7 Å². The van der Waals surface area contributed by atoms with Crippen molar-refractivity contribution in [3.05, 3.63) is 46.5 Å². The third kappa shape index (κ3) is 1.52. The number of carbonyl (C=O) groups is 1. The lowest BCUT2D eigenvalue weighted by Gasteiger charge is -1.94. The number of hydrogen-bond donors (Lipinski definition) is 2. The Bertz CT molecular complexity index is 515. The average Bonchev–Trinajstić information content (AvgIpc) is 2.41. The normalized spacial score (nSPS) is 12.9. The molecule has 1 aromatic rings. The van der Waals surface area contributed by atoms with E-state index < -0.39 is 5.97 Å². The SMILES string of the molecule is O=C(O)c1ccc2c(c1)=CC=CNC=2. The Morgan fingerprint density at radius 3 is 2.93 bits per heavy atom. The van der Waals surface area contributed by atoms with Crippen molar-refractivity contribution in [3.63, 3.8) is 0 Å². The lowest BCUT2D eigenvalue weighted by molar-refractivity contribution is 0.0697. The minimum Gasteiger partial charge on any atom is -0.478 e. The highest BCUT2D eigenvalue weighted by Crippen LogP contribution is 1.91. The second kappa shape index (κ2) is 3.38. The lowest BCUT2D eigenvalue weighted by atomic mass is 10.1. The van der Waals surface area contributed by atoms with Crippen molar-refractivity contribution < 1.29 is 9.90 Å². The standard InChI is InChI=1S/C11H9NO2/c13-11(14)9-3-4-10-7-12-5-1-2-8(10)6-9/h1-7,12H,(H,13,14). The zero-order valence-electron chi connectivity index (χ0n) is 7.40. The molecule has 0 atom stereocenters. The van der Waals surface area contributed by atoms with E-state index in [1.165, 1.54) is 0 Å². The molecule has 1 aliphatic rings. The number of fused-ring (bicyclic) bond motifs is 1. The fourth-order valence-corrected chi connectivity index (χ4v) is 1.33. The average molecular weight is 187 g/mol. The predicted molar refractivity (Wildman–Crippen MR) is 53.9 cm³/mol. The smallest absolute Gasteiger partial charge is 0.335 e. The summed E-state index contributed by atoms with van der Waals surface area (Å²) in [5, 5.41) is 13.7. The molecule has 3 nitrogen and oxygen atoms in total. The molecule has 0 unspecified atom stereocenters. The Balaban J connectivity index is 2.69. The van der Waals surface area contributed by atoms with E-state index in [9.17, 15) is 4.79 Å². The van der Waals surface area contributed by atoms with Crippen molar-refractivity contribution in [2.45, 2.75) is 0 Å². The van der Waals surface area contributed by atoms with Gasteiger partial charge in [-0.05, 0) is 28.6 Å². The number of carboxylic acids is 1. The van der Waals surface area contributed by atoms with Crippen LogP contribution in [0.2, 0.25) is 0 Å². The summed E-state index contributed by atoms with van der Waals surface area (Å²) < 4.78 is 0. The summed E-state index contributed by atoms with van der Waals surface area (Å²) in [4.78, 5) is 10.7. The number of rotatable bonds is 1. The maximum Gasteiger partial charge on any atom is 0.335 e. The first-order valence-corrected chi connectivity index (χ1v) is 4.24. The maximum atomic E-state index is 10.7. The summed E-state index contributed by atoms with van der Waals surface area (Å²) in [7, 11) is 0. The van der Waals surface area contributed by atoms with Crippen molar-refractivity contribution in [2.24, 2.45) is 0 Å². The van der Waals surface area contributed by atoms with Gasteiger partial charge < -0.3 is 10.4 Å². The van der Waals surface area contributed by atoms with Gasteiger partial charge in [0.05, 0.1) is 5.56 Å². The Morgan fingerprint density at radius 2 is 2.14 bits per heavy atom. The molecule has 2 N–H and O–H groups in total. The monoisotopic (exact) mass is 187 g/mol. The second-order valence-corrected chi connectivity index (χ2v) is 2.99. The summed E-state index contributed by atoms with van der Waals surface area (Å²) >= 11 is 0. The number of aromatic carboxylic acids is 1. The van der Waals surface area contributed by atoms with E-state index in [2.05, 4.69) is 5.32 Å². The number of nitrogens with one attached hydrogen (secondary N) is 1. The molecule has 2 rings (SSSR count). The molecule has 0 radical (unpaired) electrons. The fraction of sp³-hybridized carbons (Fsp3) is 0.